The Morgan fingerprint density at radius 3 is 2.78 bits per heavy atom. The van der Waals surface area contributed by atoms with Crippen molar-refractivity contribution in [3.05, 3.63) is 24.2 Å². The van der Waals surface area contributed by atoms with Crippen LogP contribution in [-0.2, 0) is 0 Å². The van der Waals surface area contributed by atoms with Gasteiger partial charge in [0.2, 0.25) is 0 Å². The predicted octanol–water partition coefficient (Wildman–Crippen LogP) is 2.22. The van der Waals surface area contributed by atoms with Gasteiger partial charge >= 0.3 is 6.03 Å². The van der Waals surface area contributed by atoms with Gasteiger partial charge in [0.05, 0.1) is 18.4 Å². The van der Waals surface area contributed by atoms with Crippen LogP contribution in [0.3, 0.4) is 0 Å². The highest BCUT2D eigenvalue weighted by molar-refractivity contribution is 5.73. The van der Waals surface area contributed by atoms with E-state index < -0.39 is 6.10 Å². The number of carbonyl (C=O) groups excluding carboxylic acids is 1. The maximum atomic E-state index is 12.2. The summed E-state index contributed by atoms with van der Waals surface area (Å²) in [6, 6.07) is 3.84. The molecular weight excluding hydrogens is 294 g/mol. The van der Waals surface area contributed by atoms with E-state index in [0.717, 1.165) is 18.8 Å². The predicted molar refractivity (Wildman–Crippen MR) is 89.2 cm³/mol. The fraction of sp³-hybridized carbons (Fsp3) is 0.706. The molecule has 1 aliphatic heterocycles. The van der Waals surface area contributed by atoms with E-state index in [9.17, 15) is 9.90 Å². The van der Waals surface area contributed by atoms with Crippen molar-refractivity contribution < 1.29 is 14.3 Å². The highest BCUT2D eigenvalue weighted by Crippen LogP contribution is 2.24. The molecule has 0 bridgehead atoms. The first-order chi connectivity index (χ1) is 11.1. The minimum atomic E-state index is -0.394. The number of likely N-dealkylation sites (tertiary alicyclic amines) is 1. The van der Waals surface area contributed by atoms with Gasteiger partial charge in [0.1, 0.15) is 5.76 Å². The Balaban J connectivity index is 1.89. The molecule has 130 valence electrons. The quantitative estimate of drug-likeness (QED) is 0.807. The van der Waals surface area contributed by atoms with Gasteiger partial charge in [-0.3, -0.25) is 4.90 Å². The van der Waals surface area contributed by atoms with Crippen molar-refractivity contribution in [2.24, 2.45) is 0 Å². The monoisotopic (exact) mass is 323 g/mol. The molecule has 2 N–H and O–H groups in total. The molecule has 0 radical (unpaired) electrons. The van der Waals surface area contributed by atoms with E-state index in [2.05, 4.69) is 10.2 Å². The molecule has 1 saturated heterocycles. The summed E-state index contributed by atoms with van der Waals surface area (Å²) in [4.78, 5) is 16.2. The first-order valence-electron chi connectivity index (χ1n) is 8.52. The zero-order valence-electron chi connectivity index (χ0n) is 14.2. The second-order valence-electron chi connectivity index (χ2n) is 6.37. The SMILES string of the molecule is CC(O)CCN(C)C(=O)NCC(c1ccco1)N1CCCCC1. The summed E-state index contributed by atoms with van der Waals surface area (Å²) < 4.78 is 5.58. The molecule has 0 spiro atoms. The van der Waals surface area contributed by atoms with E-state index >= 15 is 0 Å². The number of nitrogens with zero attached hydrogens (tertiary/aromatic N) is 2. The summed E-state index contributed by atoms with van der Waals surface area (Å²) in [7, 11) is 1.75. The third-order valence-electron chi connectivity index (χ3n) is 4.38. The number of amides is 2. The van der Waals surface area contributed by atoms with E-state index in [1.165, 1.54) is 19.3 Å². The van der Waals surface area contributed by atoms with Crippen LogP contribution in [0.25, 0.3) is 0 Å². The molecule has 1 fully saturated rings. The lowest BCUT2D eigenvalue weighted by Gasteiger charge is -2.33. The number of aliphatic hydroxyl groups is 1. The lowest BCUT2D eigenvalue weighted by molar-refractivity contribution is 0.138. The molecule has 2 atom stereocenters. The van der Waals surface area contributed by atoms with Gasteiger partial charge in [-0.1, -0.05) is 6.42 Å². The number of carbonyl (C=O) groups is 1. The van der Waals surface area contributed by atoms with Crippen LogP contribution in [0.2, 0.25) is 0 Å². The molecule has 6 heteroatoms. The Kier molecular flexibility index (Phi) is 6.92. The molecular formula is C17H29N3O3. The smallest absolute Gasteiger partial charge is 0.317 e. The normalized spacial score (nSPS) is 18.4. The molecule has 2 rings (SSSR count). The van der Waals surface area contributed by atoms with Crippen LogP contribution in [0.15, 0.2) is 22.8 Å². The van der Waals surface area contributed by atoms with Gasteiger partial charge in [-0.25, -0.2) is 4.79 Å². The molecule has 0 aliphatic carbocycles. The average molecular weight is 323 g/mol. The Hall–Kier alpha value is -1.53. The first-order valence-corrected chi connectivity index (χ1v) is 8.52. The molecule has 2 heterocycles. The number of urea groups is 1. The highest BCUT2D eigenvalue weighted by Gasteiger charge is 2.25. The summed E-state index contributed by atoms with van der Waals surface area (Å²) in [6.45, 7) is 4.89. The van der Waals surface area contributed by atoms with Crippen LogP contribution in [0.4, 0.5) is 4.79 Å². The van der Waals surface area contributed by atoms with Gasteiger partial charge in [-0.2, -0.15) is 0 Å². The molecule has 0 saturated carbocycles. The fourth-order valence-electron chi connectivity index (χ4n) is 2.92. The van der Waals surface area contributed by atoms with Gasteiger partial charge in [0, 0.05) is 20.1 Å². The largest absolute Gasteiger partial charge is 0.468 e. The topological polar surface area (TPSA) is 69.0 Å². The van der Waals surface area contributed by atoms with Crippen LogP contribution in [0.5, 0.6) is 0 Å². The Bertz CT molecular complexity index is 456. The van der Waals surface area contributed by atoms with Gasteiger partial charge in [-0.15, -0.1) is 0 Å². The molecule has 1 aliphatic rings. The van der Waals surface area contributed by atoms with Crippen molar-refractivity contribution in [2.75, 3.05) is 33.2 Å². The minimum Gasteiger partial charge on any atom is -0.468 e. The number of hydrogen-bond donors (Lipinski definition) is 2. The number of hydrogen-bond acceptors (Lipinski definition) is 4. The number of piperidine rings is 1. The van der Waals surface area contributed by atoms with Crippen molar-refractivity contribution in [3.63, 3.8) is 0 Å². The number of nitrogens with one attached hydrogen (secondary N) is 1. The van der Waals surface area contributed by atoms with Gasteiger partial charge < -0.3 is 19.7 Å². The van der Waals surface area contributed by atoms with E-state index in [4.69, 9.17) is 4.42 Å². The van der Waals surface area contributed by atoms with Crippen LogP contribution >= 0.6 is 0 Å². The second kappa shape index (κ2) is 8.93. The van der Waals surface area contributed by atoms with E-state index in [1.807, 2.05) is 12.1 Å². The summed E-state index contributed by atoms with van der Waals surface area (Å²) >= 11 is 0. The molecule has 1 aromatic heterocycles. The third kappa shape index (κ3) is 5.55. The van der Waals surface area contributed by atoms with Crippen molar-refractivity contribution in [1.29, 1.82) is 0 Å². The maximum absolute atomic E-state index is 12.2. The first kappa shape index (κ1) is 17.8. The number of aliphatic hydroxyl groups excluding tert-OH is 1. The van der Waals surface area contributed by atoms with E-state index in [0.29, 0.717) is 19.5 Å². The van der Waals surface area contributed by atoms with Crippen molar-refractivity contribution in [2.45, 2.75) is 44.8 Å². The molecule has 1 aromatic rings. The van der Waals surface area contributed by atoms with Crippen LogP contribution in [0, 0.1) is 0 Å². The Labute approximate surface area is 138 Å². The van der Waals surface area contributed by atoms with Crippen LogP contribution in [0.1, 0.15) is 44.4 Å². The lowest BCUT2D eigenvalue weighted by Crippen LogP contribution is -2.44. The van der Waals surface area contributed by atoms with E-state index in [-0.39, 0.29) is 12.1 Å². The van der Waals surface area contributed by atoms with Gasteiger partial charge in [-0.05, 0) is 51.4 Å². The molecule has 6 nitrogen and oxygen atoms in total. The zero-order chi connectivity index (χ0) is 16.7. The summed E-state index contributed by atoms with van der Waals surface area (Å²) in [5.74, 6) is 0.902. The summed E-state index contributed by atoms with van der Waals surface area (Å²) in [5.41, 5.74) is 0. The van der Waals surface area contributed by atoms with Gasteiger partial charge in [0.25, 0.3) is 0 Å². The van der Waals surface area contributed by atoms with Crippen molar-refractivity contribution in [3.8, 4) is 0 Å². The lowest BCUT2D eigenvalue weighted by atomic mass is 10.1. The molecule has 23 heavy (non-hydrogen) atoms. The summed E-state index contributed by atoms with van der Waals surface area (Å²) in [5, 5.41) is 12.3. The van der Waals surface area contributed by atoms with Crippen molar-refractivity contribution >= 4 is 6.03 Å². The number of furan rings is 1. The maximum Gasteiger partial charge on any atom is 0.317 e. The summed E-state index contributed by atoms with van der Waals surface area (Å²) in [6.07, 6.45) is 5.53. The molecule has 0 aromatic carbocycles. The van der Waals surface area contributed by atoms with Crippen molar-refractivity contribution in [1.82, 2.24) is 15.1 Å². The van der Waals surface area contributed by atoms with Gasteiger partial charge in [0.15, 0.2) is 0 Å². The molecule has 2 unspecified atom stereocenters. The van der Waals surface area contributed by atoms with E-state index in [1.54, 1.807) is 25.1 Å². The molecule has 2 amide bonds. The van der Waals surface area contributed by atoms with Crippen LogP contribution < -0.4 is 5.32 Å². The van der Waals surface area contributed by atoms with Crippen LogP contribution in [-0.4, -0.2) is 60.3 Å². The Morgan fingerprint density at radius 2 is 2.17 bits per heavy atom. The zero-order valence-corrected chi connectivity index (χ0v) is 14.2. The number of rotatable bonds is 7. The minimum absolute atomic E-state index is 0.0828. The fourth-order valence-corrected chi connectivity index (χ4v) is 2.92. The standard InChI is InChI=1S/C17H29N3O3/c1-14(21)8-11-19(2)17(22)18-13-15(16-7-6-12-23-16)20-9-4-3-5-10-20/h6-7,12,14-15,21H,3-5,8-11,13H2,1-2H3,(H,18,22). The third-order valence-corrected chi connectivity index (χ3v) is 4.38. The Morgan fingerprint density at radius 1 is 1.43 bits per heavy atom. The second-order valence-corrected chi connectivity index (χ2v) is 6.37. The average Bonchev–Trinajstić information content (AvgIpc) is 3.07. The highest BCUT2D eigenvalue weighted by atomic mass is 16.3.